The molecule has 0 aliphatic carbocycles. The SMILES string of the molecule is CCc1ccc(-c2ccc(-c3cc(F)c(C(F)(F)F)c(F)c3)c(F)c2)c(F)c1. The molecule has 0 radical (unpaired) electrons. The molecular weight excluding hydrogens is 385 g/mol. The van der Waals surface area contributed by atoms with Crippen molar-refractivity contribution in [1.29, 1.82) is 0 Å². The van der Waals surface area contributed by atoms with E-state index < -0.39 is 40.6 Å². The zero-order valence-electron chi connectivity index (χ0n) is 14.5. The molecule has 0 nitrogen and oxygen atoms in total. The lowest BCUT2D eigenvalue weighted by Crippen LogP contribution is -2.11. The molecule has 0 spiro atoms. The minimum Gasteiger partial charge on any atom is -0.206 e. The minimum atomic E-state index is -5.21. The Kier molecular flexibility index (Phi) is 5.19. The lowest BCUT2D eigenvalue weighted by Gasteiger charge is -2.12. The summed E-state index contributed by atoms with van der Waals surface area (Å²) in [5.74, 6) is -5.19. The summed E-state index contributed by atoms with van der Waals surface area (Å²) in [4.78, 5) is 0. The predicted octanol–water partition coefficient (Wildman–Crippen LogP) is 7.16. The molecule has 0 aliphatic heterocycles. The van der Waals surface area contributed by atoms with Crippen LogP contribution in [0.5, 0.6) is 0 Å². The fourth-order valence-corrected chi connectivity index (χ4v) is 2.93. The van der Waals surface area contributed by atoms with Crippen LogP contribution in [0.2, 0.25) is 0 Å². The minimum absolute atomic E-state index is 0.132. The maximum atomic E-state index is 14.5. The van der Waals surface area contributed by atoms with E-state index in [1.165, 1.54) is 18.2 Å². The first-order chi connectivity index (χ1) is 13.1. The standard InChI is InChI=1S/C21H13F7/c1-2-11-3-5-14(16(22)7-11)12-4-6-15(17(23)8-12)13-9-18(24)20(19(25)10-13)21(26,27)28/h3-10H,2H2,1H3. The maximum absolute atomic E-state index is 14.5. The number of aryl methyl sites for hydroxylation is 1. The summed E-state index contributed by atoms with van der Waals surface area (Å²) < 4.78 is 94.2. The average Bonchev–Trinajstić information content (AvgIpc) is 2.59. The molecule has 0 aliphatic rings. The van der Waals surface area contributed by atoms with Gasteiger partial charge in [0.05, 0.1) is 0 Å². The van der Waals surface area contributed by atoms with Crippen molar-refractivity contribution in [2.75, 3.05) is 0 Å². The monoisotopic (exact) mass is 398 g/mol. The summed E-state index contributed by atoms with van der Waals surface area (Å²) in [6.07, 6.45) is -4.59. The molecule has 0 aromatic heterocycles. The fraction of sp³-hybridized carbons (Fsp3) is 0.143. The van der Waals surface area contributed by atoms with Crippen LogP contribution in [-0.4, -0.2) is 0 Å². The van der Waals surface area contributed by atoms with Crippen LogP contribution >= 0.6 is 0 Å². The highest BCUT2D eigenvalue weighted by molar-refractivity contribution is 5.72. The van der Waals surface area contributed by atoms with Gasteiger partial charge in [0.2, 0.25) is 0 Å². The van der Waals surface area contributed by atoms with Gasteiger partial charge < -0.3 is 0 Å². The van der Waals surface area contributed by atoms with E-state index >= 15 is 0 Å². The summed E-state index contributed by atoms with van der Waals surface area (Å²) in [7, 11) is 0. The average molecular weight is 398 g/mol. The molecule has 0 bridgehead atoms. The van der Waals surface area contributed by atoms with E-state index in [-0.39, 0.29) is 16.7 Å². The van der Waals surface area contributed by atoms with Gasteiger partial charge in [0, 0.05) is 11.1 Å². The van der Waals surface area contributed by atoms with Crippen molar-refractivity contribution in [3.8, 4) is 22.3 Å². The molecule has 7 heteroatoms. The Hall–Kier alpha value is -2.83. The smallest absolute Gasteiger partial charge is 0.206 e. The van der Waals surface area contributed by atoms with Crippen molar-refractivity contribution in [3.05, 3.63) is 82.9 Å². The Labute approximate surface area is 156 Å². The third-order valence-electron chi connectivity index (χ3n) is 4.36. The van der Waals surface area contributed by atoms with Crippen LogP contribution in [0.1, 0.15) is 18.1 Å². The van der Waals surface area contributed by atoms with E-state index in [0.29, 0.717) is 18.6 Å². The lowest BCUT2D eigenvalue weighted by atomic mass is 9.97. The highest BCUT2D eigenvalue weighted by atomic mass is 19.4. The van der Waals surface area contributed by atoms with Gasteiger partial charge in [-0.3, -0.25) is 0 Å². The lowest BCUT2D eigenvalue weighted by molar-refractivity contribution is -0.142. The fourth-order valence-electron chi connectivity index (χ4n) is 2.93. The Bertz CT molecular complexity index is 1010. The van der Waals surface area contributed by atoms with Crippen LogP contribution in [-0.2, 0) is 12.6 Å². The zero-order valence-corrected chi connectivity index (χ0v) is 14.5. The Morgan fingerprint density at radius 1 is 0.643 bits per heavy atom. The first-order valence-electron chi connectivity index (χ1n) is 8.26. The van der Waals surface area contributed by atoms with Gasteiger partial charge in [-0.1, -0.05) is 31.2 Å². The summed E-state index contributed by atoms with van der Waals surface area (Å²) in [6, 6.07) is 8.76. The number of rotatable bonds is 3. The largest absolute Gasteiger partial charge is 0.422 e. The zero-order chi connectivity index (χ0) is 20.6. The second kappa shape index (κ2) is 7.30. The predicted molar refractivity (Wildman–Crippen MR) is 91.5 cm³/mol. The molecule has 146 valence electrons. The van der Waals surface area contributed by atoms with E-state index in [1.54, 1.807) is 6.07 Å². The maximum Gasteiger partial charge on any atom is 0.422 e. The highest BCUT2D eigenvalue weighted by Crippen LogP contribution is 2.37. The summed E-state index contributed by atoms with van der Waals surface area (Å²) in [5.41, 5.74) is -1.66. The third-order valence-corrected chi connectivity index (χ3v) is 4.36. The van der Waals surface area contributed by atoms with Gasteiger partial charge in [-0.05, 0) is 47.4 Å². The summed E-state index contributed by atoms with van der Waals surface area (Å²) in [6.45, 7) is 1.85. The van der Waals surface area contributed by atoms with Crippen molar-refractivity contribution in [3.63, 3.8) is 0 Å². The topological polar surface area (TPSA) is 0 Å². The van der Waals surface area contributed by atoms with Crippen LogP contribution in [0.25, 0.3) is 22.3 Å². The molecule has 0 heterocycles. The van der Waals surface area contributed by atoms with Gasteiger partial charge in [-0.2, -0.15) is 13.2 Å². The van der Waals surface area contributed by atoms with Gasteiger partial charge in [0.15, 0.2) is 0 Å². The van der Waals surface area contributed by atoms with Crippen LogP contribution in [0, 0.1) is 23.3 Å². The van der Waals surface area contributed by atoms with E-state index in [1.807, 2.05) is 6.92 Å². The number of hydrogen-bond acceptors (Lipinski definition) is 0. The number of hydrogen-bond donors (Lipinski definition) is 0. The van der Waals surface area contributed by atoms with E-state index in [4.69, 9.17) is 0 Å². The first-order valence-corrected chi connectivity index (χ1v) is 8.26. The van der Waals surface area contributed by atoms with E-state index in [0.717, 1.165) is 17.7 Å². The molecule has 3 aromatic rings. The highest BCUT2D eigenvalue weighted by Gasteiger charge is 2.38. The van der Waals surface area contributed by atoms with Gasteiger partial charge in [-0.25, -0.2) is 17.6 Å². The molecular formula is C21H13F7. The van der Waals surface area contributed by atoms with Crippen molar-refractivity contribution in [1.82, 2.24) is 0 Å². The Balaban J connectivity index is 2.04. The molecule has 0 atom stereocenters. The molecule has 0 fully saturated rings. The molecule has 3 rings (SSSR count). The van der Waals surface area contributed by atoms with Gasteiger partial charge in [0.1, 0.15) is 28.8 Å². The van der Waals surface area contributed by atoms with E-state index in [2.05, 4.69) is 0 Å². The molecule has 0 saturated heterocycles. The van der Waals surface area contributed by atoms with Crippen LogP contribution in [0.3, 0.4) is 0 Å². The first kappa shape index (κ1) is 19.9. The van der Waals surface area contributed by atoms with Crippen LogP contribution < -0.4 is 0 Å². The number of alkyl halides is 3. The molecule has 0 amide bonds. The second-order valence-corrected chi connectivity index (χ2v) is 6.18. The quantitative estimate of drug-likeness (QED) is 0.411. The van der Waals surface area contributed by atoms with Crippen LogP contribution in [0.15, 0.2) is 48.5 Å². The van der Waals surface area contributed by atoms with E-state index in [9.17, 15) is 30.7 Å². The summed E-state index contributed by atoms with van der Waals surface area (Å²) >= 11 is 0. The number of benzene rings is 3. The van der Waals surface area contributed by atoms with Gasteiger partial charge in [-0.15, -0.1) is 0 Å². The summed E-state index contributed by atoms with van der Waals surface area (Å²) in [5, 5.41) is 0. The third kappa shape index (κ3) is 3.74. The molecule has 0 N–H and O–H groups in total. The molecule has 0 saturated carbocycles. The second-order valence-electron chi connectivity index (χ2n) is 6.18. The van der Waals surface area contributed by atoms with Crippen molar-refractivity contribution in [2.45, 2.75) is 19.5 Å². The normalized spacial score (nSPS) is 11.7. The van der Waals surface area contributed by atoms with Crippen molar-refractivity contribution < 1.29 is 30.7 Å². The van der Waals surface area contributed by atoms with Gasteiger partial charge in [0.25, 0.3) is 0 Å². The van der Waals surface area contributed by atoms with Gasteiger partial charge >= 0.3 is 6.18 Å². The van der Waals surface area contributed by atoms with Crippen molar-refractivity contribution >= 4 is 0 Å². The molecule has 0 unspecified atom stereocenters. The number of halogens is 7. The molecule has 3 aromatic carbocycles. The van der Waals surface area contributed by atoms with Crippen LogP contribution in [0.4, 0.5) is 30.7 Å². The Morgan fingerprint density at radius 3 is 1.64 bits per heavy atom. The molecule has 28 heavy (non-hydrogen) atoms. The Morgan fingerprint density at radius 2 is 1.14 bits per heavy atom. The van der Waals surface area contributed by atoms with Crippen molar-refractivity contribution in [2.24, 2.45) is 0 Å².